The zero-order chi connectivity index (χ0) is 13.9. The van der Waals surface area contributed by atoms with Gasteiger partial charge in [-0.25, -0.2) is 0 Å². The topological polar surface area (TPSA) is 3.24 Å². The number of rotatable bonds is 4. The number of hydrogen-bond acceptors (Lipinski definition) is 1. The summed E-state index contributed by atoms with van der Waals surface area (Å²) in [4.78, 5) is 1.90. The lowest BCUT2D eigenvalue weighted by atomic mass is 10.1. The van der Waals surface area contributed by atoms with E-state index in [1.165, 1.54) is 6.07 Å². The molecule has 1 aromatic carbocycles. The SMILES string of the molecule is FC(F)(F)c1ccccc1N1CCCC1CCCCl. The maximum absolute atomic E-state index is 13.0. The Morgan fingerprint density at radius 2 is 2.00 bits per heavy atom. The minimum Gasteiger partial charge on any atom is -0.368 e. The van der Waals surface area contributed by atoms with E-state index >= 15 is 0 Å². The molecular formula is C14H17ClF3N. The summed E-state index contributed by atoms with van der Waals surface area (Å²) in [6, 6.07) is 6.02. The highest BCUT2D eigenvalue weighted by molar-refractivity contribution is 6.17. The standard InChI is InChI=1S/C14H17ClF3N/c15-9-3-5-11-6-4-10-19(11)13-8-2-1-7-12(13)14(16,17)18/h1-2,7-8,11H,3-6,9-10H2. The normalized spacial score (nSPS) is 20.0. The molecule has 1 fully saturated rings. The molecule has 0 N–H and O–H groups in total. The predicted octanol–water partition coefficient (Wildman–Crippen LogP) is 4.69. The summed E-state index contributed by atoms with van der Waals surface area (Å²) >= 11 is 5.68. The lowest BCUT2D eigenvalue weighted by Crippen LogP contribution is -2.31. The number of anilines is 1. The Bertz CT molecular complexity index is 419. The molecule has 0 aromatic heterocycles. The van der Waals surface area contributed by atoms with Gasteiger partial charge in [0.25, 0.3) is 0 Å². The number of alkyl halides is 4. The first-order valence-corrected chi connectivity index (χ1v) is 7.06. The molecule has 19 heavy (non-hydrogen) atoms. The van der Waals surface area contributed by atoms with E-state index in [4.69, 9.17) is 11.6 Å². The molecule has 1 saturated heterocycles. The molecule has 106 valence electrons. The van der Waals surface area contributed by atoms with Gasteiger partial charge in [0.2, 0.25) is 0 Å². The van der Waals surface area contributed by atoms with Crippen molar-refractivity contribution in [3.63, 3.8) is 0 Å². The van der Waals surface area contributed by atoms with Crippen molar-refractivity contribution in [2.45, 2.75) is 37.9 Å². The molecule has 0 bridgehead atoms. The summed E-state index contributed by atoms with van der Waals surface area (Å²) in [6.45, 7) is 0.694. The Morgan fingerprint density at radius 3 is 2.68 bits per heavy atom. The van der Waals surface area contributed by atoms with E-state index in [1.54, 1.807) is 12.1 Å². The zero-order valence-corrected chi connectivity index (χ0v) is 11.3. The van der Waals surface area contributed by atoms with E-state index < -0.39 is 11.7 Å². The Hall–Kier alpha value is -0.900. The van der Waals surface area contributed by atoms with Crippen molar-refractivity contribution in [1.82, 2.24) is 0 Å². The Morgan fingerprint density at radius 1 is 1.26 bits per heavy atom. The second-order valence-electron chi connectivity index (χ2n) is 4.84. The van der Waals surface area contributed by atoms with Crippen LogP contribution in [0.1, 0.15) is 31.2 Å². The highest BCUT2D eigenvalue weighted by Gasteiger charge is 2.36. The van der Waals surface area contributed by atoms with Crippen LogP contribution < -0.4 is 4.90 Å². The fraction of sp³-hybridized carbons (Fsp3) is 0.571. The quantitative estimate of drug-likeness (QED) is 0.727. The molecule has 1 nitrogen and oxygen atoms in total. The van der Waals surface area contributed by atoms with Crippen LogP contribution in [0.5, 0.6) is 0 Å². The Kier molecular flexibility index (Phi) is 4.61. The van der Waals surface area contributed by atoms with E-state index in [0.29, 0.717) is 18.1 Å². The lowest BCUT2D eigenvalue weighted by Gasteiger charge is -2.29. The average molecular weight is 292 g/mol. The van der Waals surface area contributed by atoms with Crippen molar-refractivity contribution >= 4 is 17.3 Å². The van der Waals surface area contributed by atoms with Crippen molar-refractivity contribution in [3.8, 4) is 0 Å². The van der Waals surface area contributed by atoms with Gasteiger partial charge in [0, 0.05) is 24.2 Å². The highest BCUT2D eigenvalue weighted by atomic mass is 35.5. The second kappa shape index (κ2) is 6.04. The van der Waals surface area contributed by atoms with E-state index in [0.717, 1.165) is 31.7 Å². The van der Waals surface area contributed by atoms with Crippen LogP contribution in [0.3, 0.4) is 0 Å². The predicted molar refractivity (Wildman–Crippen MR) is 71.8 cm³/mol. The minimum absolute atomic E-state index is 0.183. The minimum atomic E-state index is -4.30. The van der Waals surface area contributed by atoms with Gasteiger partial charge in [-0.15, -0.1) is 11.6 Å². The molecule has 0 amide bonds. The van der Waals surface area contributed by atoms with Crippen LogP contribution in [0, 0.1) is 0 Å². The van der Waals surface area contributed by atoms with E-state index in [1.807, 2.05) is 4.90 Å². The maximum Gasteiger partial charge on any atom is 0.418 e. The van der Waals surface area contributed by atoms with E-state index in [2.05, 4.69) is 0 Å². The van der Waals surface area contributed by atoms with Gasteiger partial charge in [0.1, 0.15) is 0 Å². The van der Waals surface area contributed by atoms with Gasteiger partial charge in [0.05, 0.1) is 5.56 Å². The molecule has 0 spiro atoms. The third-order valence-corrected chi connectivity index (χ3v) is 3.83. The number of hydrogen-bond donors (Lipinski definition) is 0. The summed E-state index contributed by atoms with van der Waals surface area (Å²) in [5.41, 5.74) is -0.222. The first-order valence-electron chi connectivity index (χ1n) is 6.53. The van der Waals surface area contributed by atoms with Crippen LogP contribution in [-0.4, -0.2) is 18.5 Å². The molecule has 0 aliphatic carbocycles. The van der Waals surface area contributed by atoms with Gasteiger partial charge < -0.3 is 4.90 Å². The molecule has 1 aromatic rings. The van der Waals surface area contributed by atoms with Crippen molar-refractivity contribution in [1.29, 1.82) is 0 Å². The molecule has 2 rings (SSSR count). The Balaban J connectivity index is 2.25. The fourth-order valence-electron chi connectivity index (χ4n) is 2.73. The van der Waals surface area contributed by atoms with Gasteiger partial charge in [-0.2, -0.15) is 13.2 Å². The first-order chi connectivity index (χ1) is 9.04. The summed E-state index contributed by atoms with van der Waals surface area (Å²) in [6.07, 6.45) is -0.703. The monoisotopic (exact) mass is 291 g/mol. The third-order valence-electron chi connectivity index (χ3n) is 3.57. The summed E-state index contributed by atoms with van der Waals surface area (Å²) in [5, 5.41) is 0. The molecule has 1 aliphatic heterocycles. The molecule has 0 radical (unpaired) electrons. The van der Waals surface area contributed by atoms with Crippen molar-refractivity contribution in [2.75, 3.05) is 17.3 Å². The number of para-hydroxylation sites is 1. The van der Waals surface area contributed by atoms with Gasteiger partial charge >= 0.3 is 6.18 Å². The van der Waals surface area contributed by atoms with Crippen molar-refractivity contribution in [3.05, 3.63) is 29.8 Å². The van der Waals surface area contributed by atoms with Crippen LogP contribution in [-0.2, 0) is 6.18 Å². The van der Waals surface area contributed by atoms with Gasteiger partial charge in [-0.3, -0.25) is 0 Å². The largest absolute Gasteiger partial charge is 0.418 e. The van der Waals surface area contributed by atoms with Crippen LogP contribution in [0.25, 0.3) is 0 Å². The number of benzene rings is 1. The lowest BCUT2D eigenvalue weighted by molar-refractivity contribution is -0.137. The molecule has 1 unspecified atom stereocenters. The molecule has 5 heteroatoms. The molecule has 1 aliphatic rings. The molecule has 0 saturated carbocycles. The first kappa shape index (κ1) is 14.5. The highest BCUT2D eigenvalue weighted by Crippen LogP contribution is 2.39. The summed E-state index contributed by atoms with van der Waals surface area (Å²) < 4.78 is 39.1. The van der Waals surface area contributed by atoms with Crippen molar-refractivity contribution in [2.24, 2.45) is 0 Å². The van der Waals surface area contributed by atoms with E-state index in [9.17, 15) is 13.2 Å². The average Bonchev–Trinajstić information content (AvgIpc) is 2.83. The summed E-state index contributed by atoms with van der Waals surface area (Å²) in [7, 11) is 0. The molecular weight excluding hydrogens is 275 g/mol. The second-order valence-corrected chi connectivity index (χ2v) is 5.21. The fourth-order valence-corrected chi connectivity index (χ4v) is 2.88. The van der Waals surface area contributed by atoms with Crippen molar-refractivity contribution < 1.29 is 13.2 Å². The summed E-state index contributed by atoms with van der Waals surface area (Å²) in [5.74, 6) is 0.561. The zero-order valence-electron chi connectivity index (χ0n) is 10.6. The van der Waals surface area contributed by atoms with Crippen LogP contribution >= 0.6 is 11.6 Å². The third kappa shape index (κ3) is 3.35. The Labute approximate surface area is 116 Å². The van der Waals surface area contributed by atoms with E-state index in [-0.39, 0.29) is 6.04 Å². The van der Waals surface area contributed by atoms with Gasteiger partial charge in [-0.1, -0.05) is 12.1 Å². The maximum atomic E-state index is 13.0. The smallest absolute Gasteiger partial charge is 0.368 e. The molecule has 1 atom stereocenters. The van der Waals surface area contributed by atoms with Gasteiger partial charge in [0.15, 0.2) is 0 Å². The van der Waals surface area contributed by atoms with Crippen LogP contribution in [0.15, 0.2) is 24.3 Å². The number of halogens is 4. The number of nitrogens with zero attached hydrogens (tertiary/aromatic N) is 1. The van der Waals surface area contributed by atoms with Crippen LogP contribution in [0.4, 0.5) is 18.9 Å². The molecule has 1 heterocycles. The van der Waals surface area contributed by atoms with Gasteiger partial charge in [-0.05, 0) is 37.8 Å². The van der Waals surface area contributed by atoms with Crippen LogP contribution in [0.2, 0.25) is 0 Å².